The molecule has 1 heteroatoms. The molecule has 8 aromatic rings. The zero-order chi connectivity index (χ0) is 34.5. The third-order valence-corrected chi connectivity index (χ3v) is 7.20. The Morgan fingerprint density at radius 2 is 1.05 bits per heavy atom. The molecular weight excluding hydrogens is 472 g/mol. The molecule has 0 amide bonds. The number of para-hydroxylation sites is 1. The first-order valence-electron chi connectivity index (χ1n) is 17.5. The van der Waals surface area contributed by atoms with Gasteiger partial charge in [-0.05, 0) is 73.1 Å². The quantitative estimate of drug-likeness (QED) is 0.217. The summed E-state index contributed by atoms with van der Waals surface area (Å²) < 4.78 is 94.8. The molecule has 0 saturated heterocycles. The first-order chi connectivity index (χ1) is 23.5. The van der Waals surface area contributed by atoms with E-state index in [9.17, 15) is 4.11 Å². The van der Waals surface area contributed by atoms with Crippen LogP contribution in [0.3, 0.4) is 0 Å². The Bertz CT molecular complexity index is 2720. The summed E-state index contributed by atoms with van der Waals surface area (Å²) in [5.74, 6) is 0. The van der Waals surface area contributed by atoms with Gasteiger partial charge in [0.2, 0.25) is 0 Å². The molecule has 0 fully saturated rings. The topological polar surface area (TPSA) is 13.1 Å². The highest BCUT2D eigenvalue weighted by molar-refractivity contribution is 6.23. The van der Waals surface area contributed by atoms with Gasteiger partial charge in [0.1, 0.15) is 11.2 Å². The van der Waals surface area contributed by atoms with E-state index >= 15 is 0 Å². The maximum Gasteiger partial charge on any atom is 0.135 e. The summed E-state index contributed by atoms with van der Waals surface area (Å²) in [6.07, 6.45) is 0. The summed E-state index contributed by atoms with van der Waals surface area (Å²) >= 11 is 0. The van der Waals surface area contributed by atoms with Gasteiger partial charge in [-0.2, -0.15) is 0 Å². The Labute approximate surface area is 240 Å². The molecule has 1 aromatic heterocycles. The van der Waals surface area contributed by atoms with Crippen molar-refractivity contribution in [3.05, 3.63) is 145 Å². The van der Waals surface area contributed by atoms with Gasteiger partial charge >= 0.3 is 0 Å². The van der Waals surface area contributed by atoms with E-state index in [1.807, 2.05) is 30.3 Å². The minimum atomic E-state index is -0.509. The molecule has 0 spiro atoms. The van der Waals surface area contributed by atoms with Crippen LogP contribution in [-0.2, 0) is 0 Å². The Balaban J connectivity index is 1.66. The minimum absolute atomic E-state index is 0.0391. The molecule has 0 aliphatic rings. The van der Waals surface area contributed by atoms with Crippen molar-refractivity contribution in [1.82, 2.24) is 0 Å². The molecule has 0 bridgehead atoms. The number of hydrogen-bond acceptors (Lipinski definition) is 1. The summed E-state index contributed by atoms with van der Waals surface area (Å²) in [6.45, 7) is 0. The fourth-order valence-electron chi connectivity index (χ4n) is 5.52. The lowest BCUT2D eigenvalue weighted by atomic mass is 9.83. The molecule has 0 aliphatic heterocycles. The number of rotatable bonds is 3. The Hall–Kier alpha value is -5.14. The second-order valence-electron chi connectivity index (χ2n) is 9.33. The lowest BCUT2D eigenvalue weighted by molar-refractivity contribution is 0.669. The van der Waals surface area contributed by atoms with Crippen LogP contribution in [0.1, 0.15) is 13.7 Å². The summed E-state index contributed by atoms with van der Waals surface area (Å²) in [6, 6.07) is 21.0. The monoisotopic (exact) mass is 506 g/mol. The predicted octanol–water partition coefficient (Wildman–Crippen LogP) is 10.9. The van der Waals surface area contributed by atoms with Crippen LogP contribution in [0.5, 0.6) is 0 Å². The van der Waals surface area contributed by atoms with Gasteiger partial charge in [-0.15, -0.1) is 0 Å². The van der Waals surface area contributed by atoms with Crippen LogP contribution in [0.25, 0.3) is 76.9 Å². The van der Waals surface area contributed by atoms with E-state index in [1.54, 1.807) is 42.5 Å². The number of benzene rings is 7. The molecule has 0 saturated carbocycles. The van der Waals surface area contributed by atoms with Crippen molar-refractivity contribution in [2.45, 2.75) is 0 Å². The Kier molecular flexibility index (Phi) is 3.16. The van der Waals surface area contributed by atoms with E-state index in [1.165, 1.54) is 12.1 Å². The molecule has 1 nitrogen and oxygen atoms in total. The van der Waals surface area contributed by atoms with Crippen molar-refractivity contribution in [2.75, 3.05) is 0 Å². The van der Waals surface area contributed by atoms with E-state index in [0.29, 0.717) is 38.6 Å². The largest absolute Gasteiger partial charge is 0.456 e. The van der Waals surface area contributed by atoms with Crippen LogP contribution in [0.2, 0.25) is 0 Å². The molecule has 0 unspecified atom stereocenters. The Morgan fingerprint density at radius 1 is 0.410 bits per heavy atom. The third kappa shape index (κ3) is 3.41. The van der Waals surface area contributed by atoms with Crippen LogP contribution in [-0.4, -0.2) is 0 Å². The standard InChI is InChI=1S/C38H24O/c1-2-12-25(13-3-1)27-14-4-5-16-29(27)38-32-19-8-6-17-30(32)37(31-18-7-9-20-33(31)38)26-22-23-36-34(24-26)28-15-10-11-21-35(28)39-36/h1-24H/i4D,5D,6D,7D,8D,9D,14D,16D,17D,19D. The number of furan rings is 1. The highest BCUT2D eigenvalue weighted by Gasteiger charge is 2.19. The van der Waals surface area contributed by atoms with Gasteiger partial charge in [0, 0.05) is 10.8 Å². The molecule has 1 heterocycles. The van der Waals surface area contributed by atoms with Gasteiger partial charge in [-0.1, -0.05) is 127 Å². The van der Waals surface area contributed by atoms with Crippen LogP contribution in [0.4, 0.5) is 0 Å². The van der Waals surface area contributed by atoms with Crippen LogP contribution >= 0.6 is 0 Å². The molecular formula is C38H24O. The van der Waals surface area contributed by atoms with Gasteiger partial charge < -0.3 is 4.42 Å². The summed E-state index contributed by atoms with van der Waals surface area (Å²) in [4.78, 5) is 0. The second kappa shape index (κ2) is 8.72. The van der Waals surface area contributed by atoms with Gasteiger partial charge in [0.25, 0.3) is 0 Å². The maximum atomic E-state index is 9.27. The average molecular weight is 507 g/mol. The van der Waals surface area contributed by atoms with Crippen molar-refractivity contribution in [2.24, 2.45) is 0 Å². The van der Waals surface area contributed by atoms with Crippen molar-refractivity contribution in [1.29, 1.82) is 0 Å². The van der Waals surface area contributed by atoms with Crippen LogP contribution < -0.4 is 0 Å². The fourth-order valence-corrected chi connectivity index (χ4v) is 5.52. The van der Waals surface area contributed by atoms with Crippen molar-refractivity contribution in [3.63, 3.8) is 0 Å². The minimum Gasteiger partial charge on any atom is -0.456 e. The van der Waals surface area contributed by atoms with E-state index in [0.717, 1.165) is 10.8 Å². The third-order valence-electron chi connectivity index (χ3n) is 7.20. The maximum absolute atomic E-state index is 9.27. The van der Waals surface area contributed by atoms with Crippen molar-refractivity contribution in [3.8, 4) is 33.4 Å². The van der Waals surface area contributed by atoms with Gasteiger partial charge in [0.15, 0.2) is 0 Å². The second-order valence-corrected chi connectivity index (χ2v) is 9.33. The zero-order valence-corrected chi connectivity index (χ0v) is 20.5. The van der Waals surface area contributed by atoms with Crippen molar-refractivity contribution >= 4 is 43.5 Å². The fraction of sp³-hybridized carbons (Fsp3) is 0. The zero-order valence-electron chi connectivity index (χ0n) is 30.5. The lowest BCUT2D eigenvalue weighted by Crippen LogP contribution is -1.92. The highest BCUT2D eigenvalue weighted by atomic mass is 16.3. The van der Waals surface area contributed by atoms with E-state index < -0.39 is 36.3 Å². The molecule has 0 atom stereocenters. The first-order valence-corrected chi connectivity index (χ1v) is 12.5. The molecule has 0 aliphatic carbocycles. The van der Waals surface area contributed by atoms with Gasteiger partial charge in [-0.25, -0.2) is 0 Å². The SMILES string of the molecule is [2H]c1cc2c(-c3ccc4oc5ccccc5c4c3)c3c([2H])c([2H])c([2H])c([2H])c3c(-c3c([2H])c([2H])c([2H])c([2H])c3-c3ccccc3)c2cc1[2H]. The molecule has 0 radical (unpaired) electrons. The number of fused-ring (bicyclic) bond motifs is 5. The van der Waals surface area contributed by atoms with Crippen LogP contribution in [0.15, 0.2) is 150 Å². The summed E-state index contributed by atoms with van der Waals surface area (Å²) in [7, 11) is 0. The summed E-state index contributed by atoms with van der Waals surface area (Å²) in [5, 5.41) is 2.52. The van der Waals surface area contributed by atoms with Crippen LogP contribution in [0, 0.1) is 0 Å². The predicted molar refractivity (Wildman–Crippen MR) is 165 cm³/mol. The molecule has 0 N–H and O–H groups in total. The Morgan fingerprint density at radius 3 is 1.87 bits per heavy atom. The van der Waals surface area contributed by atoms with Gasteiger partial charge in [0.05, 0.1) is 13.7 Å². The van der Waals surface area contributed by atoms with E-state index in [-0.39, 0.29) is 51.6 Å². The van der Waals surface area contributed by atoms with Crippen molar-refractivity contribution < 1.29 is 18.1 Å². The summed E-state index contributed by atoms with van der Waals surface area (Å²) in [5.41, 5.74) is 3.11. The average Bonchev–Trinajstić information content (AvgIpc) is 3.48. The normalized spacial score (nSPS) is 15.2. The van der Waals surface area contributed by atoms with E-state index in [4.69, 9.17) is 14.0 Å². The molecule has 182 valence electrons. The molecule has 39 heavy (non-hydrogen) atoms. The molecule has 8 rings (SSSR count). The molecule has 7 aromatic carbocycles. The highest BCUT2D eigenvalue weighted by Crippen LogP contribution is 2.46. The van der Waals surface area contributed by atoms with E-state index in [2.05, 4.69) is 0 Å². The van der Waals surface area contributed by atoms with Gasteiger partial charge in [-0.3, -0.25) is 0 Å². The lowest BCUT2D eigenvalue weighted by Gasteiger charge is -2.19. The first kappa shape index (κ1) is 14.1. The smallest absolute Gasteiger partial charge is 0.135 e. The number of hydrogen-bond donors (Lipinski definition) is 0.